The first-order valence-electron chi connectivity index (χ1n) is 10.4. The van der Waals surface area contributed by atoms with E-state index in [2.05, 4.69) is 16.9 Å². The van der Waals surface area contributed by atoms with E-state index in [9.17, 15) is 9.90 Å². The third-order valence-electron chi connectivity index (χ3n) is 5.46. The molecule has 30 heavy (non-hydrogen) atoms. The minimum atomic E-state index is -0.930. The summed E-state index contributed by atoms with van der Waals surface area (Å²) in [5, 5.41) is 14.8. The van der Waals surface area contributed by atoms with Crippen LogP contribution in [0.1, 0.15) is 48.1 Å². The fourth-order valence-electron chi connectivity index (χ4n) is 3.67. The molecule has 1 N–H and O–H groups in total. The van der Waals surface area contributed by atoms with Crippen LogP contribution in [0.4, 0.5) is 5.82 Å². The zero-order chi connectivity index (χ0) is 21.3. The summed E-state index contributed by atoms with van der Waals surface area (Å²) in [6.45, 7) is 8.44. The van der Waals surface area contributed by atoms with E-state index >= 15 is 0 Å². The number of anilines is 1. The predicted octanol–water partition coefficient (Wildman–Crippen LogP) is 2.78. The lowest BCUT2D eigenvalue weighted by Gasteiger charge is -2.29. The molecule has 7 heteroatoms. The van der Waals surface area contributed by atoms with Gasteiger partial charge in [-0.3, -0.25) is 4.79 Å². The molecule has 0 atom stereocenters. The molecule has 0 bridgehead atoms. The predicted molar refractivity (Wildman–Crippen MR) is 115 cm³/mol. The van der Waals surface area contributed by atoms with Crippen LogP contribution in [0.3, 0.4) is 0 Å². The molecular weight excluding hydrogens is 380 g/mol. The Balaban J connectivity index is 1.64. The Morgan fingerprint density at radius 3 is 2.47 bits per heavy atom. The molecule has 0 saturated carbocycles. The fraction of sp³-hybridized carbons (Fsp3) is 0.435. The van der Waals surface area contributed by atoms with Crippen LogP contribution in [0.2, 0.25) is 0 Å². The quantitative estimate of drug-likeness (QED) is 0.632. The van der Waals surface area contributed by atoms with Crippen LogP contribution in [0.15, 0.2) is 36.4 Å². The molecule has 0 aliphatic carbocycles. The number of Topliss-reactive ketones (excluding diaryl/α,β-unsaturated/α-hetero) is 1. The highest BCUT2D eigenvalue weighted by atomic mass is 16.5. The largest absolute Gasteiger partial charge is 0.386 e. The van der Waals surface area contributed by atoms with E-state index in [-0.39, 0.29) is 12.2 Å². The Labute approximate surface area is 176 Å². The van der Waals surface area contributed by atoms with Crippen molar-refractivity contribution in [3.05, 3.63) is 58.9 Å². The smallest absolute Gasteiger partial charge is 0.168 e. The van der Waals surface area contributed by atoms with Crippen LogP contribution in [0.25, 0.3) is 5.65 Å². The van der Waals surface area contributed by atoms with Gasteiger partial charge in [0.1, 0.15) is 5.82 Å². The van der Waals surface area contributed by atoms with Gasteiger partial charge in [-0.25, -0.2) is 4.98 Å². The summed E-state index contributed by atoms with van der Waals surface area (Å²) in [6.07, 6.45) is 1.04. The normalized spacial score (nSPS) is 15.0. The highest BCUT2D eigenvalue weighted by molar-refractivity contribution is 5.97. The van der Waals surface area contributed by atoms with Crippen LogP contribution in [0.5, 0.6) is 0 Å². The number of ether oxygens (including phenoxy) is 1. The fourth-order valence-corrected chi connectivity index (χ4v) is 3.67. The molecule has 0 amide bonds. The van der Waals surface area contributed by atoms with Gasteiger partial charge in [0.25, 0.3) is 0 Å². The molecule has 4 rings (SSSR count). The maximum absolute atomic E-state index is 12.9. The lowest BCUT2D eigenvalue weighted by atomic mass is 9.96. The Morgan fingerprint density at radius 1 is 1.13 bits per heavy atom. The third-order valence-corrected chi connectivity index (χ3v) is 5.46. The standard InChI is InChI=1S/C23H28N4O3/c1-4-18-14-21-24-19(15-22(27(21)25-18)26-9-11-30-12-10-26)13-20(28)16-5-7-17(8-6-16)23(2,3)29/h5-8,14-15,29H,4,9-13H2,1-3H3. The molecule has 1 aliphatic rings. The van der Waals surface area contributed by atoms with Gasteiger partial charge in [0.15, 0.2) is 11.4 Å². The maximum atomic E-state index is 12.9. The van der Waals surface area contributed by atoms with Gasteiger partial charge in [-0.05, 0) is 25.8 Å². The summed E-state index contributed by atoms with van der Waals surface area (Å²) in [7, 11) is 0. The Bertz CT molecular complexity index is 1040. The van der Waals surface area contributed by atoms with Gasteiger partial charge in [-0.2, -0.15) is 9.61 Å². The number of hydrogen-bond donors (Lipinski definition) is 1. The summed E-state index contributed by atoms with van der Waals surface area (Å²) in [5.41, 5.74) is 2.92. The lowest BCUT2D eigenvalue weighted by molar-refractivity contribution is 0.0784. The number of carbonyl (C=O) groups excluding carboxylic acids is 1. The van der Waals surface area contributed by atoms with Crippen molar-refractivity contribution in [3.63, 3.8) is 0 Å². The highest BCUT2D eigenvalue weighted by Gasteiger charge is 2.20. The van der Waals surface area contributed by atoms with E-state index in [1.165, 1.54) is 0 Å². The Kier molecular flexibility index (Phi) is 5.58. The number of aliphatic hydroxyl groups is 1. The van der Waals surface area contributed by atoms with Gasteiger partial charge in [0.2, 0.25) is 0 Å². The number of benzene rings is 1. The second kappa shape index (κ2) is 8.16. The van der Waals surface area contributed by atoms with Gasteiger partial charge < -0.3 is 14.7 Å². The molecule has 0 radical (unpaired) electrons. The molecule has 1 saturated heterocycles. The highest BCUT2D eigenvalue weighted by Crippen LogP contribution is 2.22. The number of aryl methyl sites for hydroxylation is 1. The van der Waals surface area contributed by atoms with E-state index in [1.807, 2.05) is 16.6 Å². The van der Waals surface area contributed by atoms with Crippen molar-refractivity contribution in [3.8, 4) is 0 Å². The number of nitrogens with zero attached hydrogens (tertiary/aromatic N) is 4. The number of aromatic nitrogens is 3. The Hall–Kier alpha value is -2.77. The number of carbonyl (C=O) groups is 1. The summed E-state index contributed by atoms with van der Waals surface area (Å²) >= 11 is 0. The minimum absolute atomic E-state index is 0.00250. The monoisotopic (exact) mass is 408 g/mol. The van der Waals surface area contributed by atoms with E-state index < -0.39 is 5.60 Å². The third kappa shape index (κ3) is 4.22. The van der Waals surface area contributed by atoms with Crippen LogP contribution in [-0.2, 0) is 23.2 Å². The molecule has 0 spiro atoms. The van der Waals surface area contributed by atoms with Crippen molar-refractivity contribution < 1.29 is 14.6 Å². The van der Waals surface area contributed by atoms with Gasteiger partial charge in [-0.1, -0.05) is 31.2 Å². The number of ketones is 1. The van der Waals surface area contributed by atoms with Crippen molar-refractivity contribution >= 4 is 17.2 Å². The van der Waals surface area contributed by atoms with Crippen molar-refractivity contribution in [2.24, 2.45) is 0 Å². The van der Waals surface area contributed by atoms with Gasteiger partial charge >= 0.3 is 0 Å². The average molecular weight is 409 g/mol. The molecule has 1 aromatic carbocycles. The maximum Gasteiger partial charge on any atom is 0.168 e. The Morgan fingerprint density at radius 2 is 1.83 bits per heavy atom. The van der Waals surface area contributed by atoms with E-state index in [1.54, 1.807) is 38.1 Å². The molecule has 7 nitrogen and oxygen atoms in total. The summed E-state index contributed by atoms with van der Waals surface area (Å²) in [6, 6.07) is 11.1. The number of rotatable bonds is 6. The molecule has 158 valence electrons. The summed E-state index contributed by atoms with van der Waals surface area (Å²) in [4.78, 5) is 19.8. The molecule has 1 fully saturated rings. The van der Waals surface area contributed by atoms with E-state index in [4.69, 9.17) is 9.72 Å². The van der Waals surface area contributed by atoms with E-state index in [0.29, 0.717) is 18.8 Å². The number of hydrogen-bond acceptors (Lipinski definition) is 6. The molecular formula is C23H28N4O3. The zero-order valence-corrected chi connectivity index (χ0v) is 17.8. The van der Waals surface area contributed by atoms with Gasteiger partial charge in [0.05, 0.1) is 36.6 Å². The summed E-state index contributed by atoms with van der Waals surface area (Å²) in [5.74, 6) is 0.945. The van der Waals surface area contributed by atoms with Crippen molar-refractivity contribution in [1.29, 1.82) is 0 Å². The van der Waals surface area contributed by atoms with Gasteiger partial charge in [0, 0.05) is 30.8 Å². The molecule has 3 heterocycles. The van der Waals surface area contributed by atoms with Crippen LogP contribution in [-0.4, -0.2) is 51.8 Å². The molecule has 3 aromatic rings. The topological polar surface area (TPSA) is 80.0 Å². The van der Waals surface area contributed by atoms with E-state index in [0.717, 1.165) is 47.9 Å². The first kappa shape index (κ1) is 20.5. The second-order valence-electron chi connectivity index (χ2n) is 8.20. The van der Waals surface area contributed by atoms with Gasteiger partial charge in [-0.15, -0.1) is 0 Å². The second-order valence-corrected chi connectivity index (χ2v) is 8.20. The van der Waals surface area contributed by atoms with Crippen LogP contribution < -0.4 is 4.90 Å². The molecule has 1 aliphatic heterocycles. The first-order chi connectivity index (χ1) is 14.3. The van der Waals surface area contributed by atoms with Crippen molar-refractivity contribution in [2.45, 2.75) is 39.2 Å². The van der Waals surface area contributed by atoms with Crippen molar-refractivity contribution in [1.82, 2.24) is 14.6 Å². The van der Waals surface area contributed by atoms with Crippen LogP contribution >= 0.6 is 0 Å². The zero-order valence-electron chi connectivity index (χ0n) is 17.8. The lowest BCUT2D eigenvalue weighted by Crippen LogP contribution is -2.37. The number of fused-ring (bicyclic) bond motifs is 1. The summed E-state index contributed by atoms with van der Waals surface area (Å²) < 4.78 is 7.36. The molecule has 0 unspecified atom stereocenters. The minimum Gasteiger partial charge on any atom is -0.386 e. The van der Waals surface area contributed by atoms with Crippen LogP contribution in [0, 0.1) is 0 Å². The SMILES string of the molecule is CCc1cc2nc(CC(=O)c3ccc(C(C)(C)O)cc3)cc(N3CCOCC3)n2n1. The number of morpholine rings is 1. The first-order valence-corrected chi connectivity index (χ1v) is 10.4. The average Bonchev–Trinajstić information content (AvgIpc) is 3.16. The van der Waals surface area contributed by atoms with Crippen molar-refractivity contribution in [2.75, 3.05) is 31.2 Å². The molecule has 2 aromatic heterocycles.